The summed E-state index contributed by atoms with van der Waals surface area (Å²) in [6.07, 6.45) is 0. The Kier molecular flexibility index (Phi) is 5.56. The number of carboxylic acids is 1. The maximum atomic E-state index is 11.4. The minimum absolute atomic E-state index is 0.572. The Bertz CT molecular complexity index is 275. The van der Waals surface area contributed by atoms with E-state index in [0.29, 0.717) is 19.1 Å². The van der Waals surface area contributed by atoms with E-state index in [-0.39, 0.29) is 0 Å². The molecule has 18 heavy (non-hydrogen) atoms. The predicted molar refractivity (Wildman–Crippen MR) is 72.9 cm³/mol. The molecule has 1 heterocycles. The molecule has 5 heteroatoms. The minimum atomic E-state index is -0.839. The third kappa shape index (κ3) is 3.93. The normalized spacial score (nSPS) is 22.1. The van der Waals surface area contributed by atoms with Gasteiger partial charge >= 0.3 is 5.97 Å². The molecule has 1 rings (SSSR count). The Balaban J connectivity index is 2.50. The van der Waals surface area contributed by atoms with Gasteiger partial charge in [-0.2, -0.15) is 0 Å². The molecule has 0 aromatic heterocycles. The first kappa shape index (κ1) is 15.4. The summed E-state index contributed by atoms with van der Waals surface area (Å²) < 4.78 is 0. The van der Waals surface area contributed by atoms with Crippen LogP contribution >= 0.6 is 0 Å². The van der Waals surface area contributed by atoms with Crippen LogP contribution in [0.1, 0.15) is 27.7 Å². The van der Waals surface area contributed by atoms with E-state index < -0.39 is 11.5 Å². The Hall–Kier alpha value is -0.650. The molecule has 0 aromatic rings. The van der Waals surface area contributed by atoms with E-state index in [1.165, 1.54) is 0 Å². The number of carbonyl (C=O) groups is 1. The zero-order valence-electron chi connectivity index (χ0n) is 12.1. The van der Waals surface area contributed by atoms with E-state index in [4.69, 9.17) is 0 Å². The number of carboxylic acid groups (broad SMARTS) is 1. The number of piperazine rings is 1. The average molecular weight is 257 g/mol. The van der Waals surface area contributed by atoms with Crippen molar-refractivity contribution in [3.8, 4) is 0 Å². The van der Waals surface area contributed by atoms with E-state index in [1.54, 1.807) is 6.92 Å². The smallest absolute Gasteiger partial charge is 0.324 e. The third-order valence-electron chi connectivity index (χ3n) is 3.72. The predicted octanol–water partition coefficient (Wildman–Crippen LogP) is 0.465. The molecular formula is C13H27N3O2. The van der Waals surface area contributed by atoms with Crippen molar-refractivity contribution in [3.05, 3.63) is 0 Å². The maximum Gasteiger partial charge on any atom is 0.324 e. The second-order valence-electron chi connectivity index (χ2n) is 5.57. The van der Waals surface area contributed by atoms with E-state index in [1.807, 2.05) is 6.92 Å². The Morgan fingerprint density at radius 2 is 1.89 bits per heavy atom. The quantitative estimate of drug-likeness (QED) is 0.724. The number of aliphatic carboxylic acids is 1. The van der Waals surface area contributed by atoms with Gasteiger partial charge in [-0.05, 0) is 27.3 Å². The molecule has 2 N–H and O–H groups in total. The van der Waals surface area contributed by atoms with Crippen molar-refractivity contribution < 1.29 is 9.90 Å². The minimum Gasteiger partial charge on any atom is -0.480 e. The van der Waals surface area contributed by atoms with Gasteiger partial charge in [-0.25, -0.2) is 0 Å². The van der Waals surface area contributed by atoms with Gasteiger partial charge in [0, 0.05) is 38.8 Å². The molecule has 0 aromatic carbocycles. The summed E-state index contributed by atoms with van der Waals surface area (Å²) in [5.74, 6) is -0.768. The molecule has 1 unspecified atom stereocenters. The molecule has 0 bridgehead atoms. The van der Waals surface area contributed by atoms with E-state index in [2.05, 4.69) is 29.0 Å². The standard InChI is InChI=1S/C13H27N3O2/c1-5-14-13(4,12(17)18)10-15-6-8-16(9-7-15)11(2)3/h11,14H,5-10H2,1-4H3,(H,17,18). The summed E-state index contributed by atoms with van der Waals surface area (Å²) in [7, 11) is 0. The molecule has 1 aliphatic rings. The van der Waals surface area contributed by atoms with Crippen LogP contribution in [0.15, 0.2) is 0 Å². The molecule has 5 nitrogen and oxygen atoms in total. The van der Waals surface area contributed by atoms with Crippen LogP contribution in [0.5, 0.6) is 0 Å². The SMILES string of the molecule is CCNC(C)(CN1CCN(C(C)C)CC1)C(=O)O. The molecule has 0 spiro atoms. The van der Waals surface area contributed by atoms with Crippen LogP contribution in [0.3, 0.4) is 0 Å². The fourth-order valence-electron chi connectivity index (χ4n) is 2.47. The molecule has 1 atom stereocenters. The summed E-state index contributed by atoms with van der Waals surface area (Å²) in [5.41, 5.74) is -0.839. The number of hydrogen-bond acceptors (Lipinski definition) is 4. The van der Waals surface area contributed by atoms with Gasteiger partial charge in [-0.3, -0.25) is 14.6 Å². The molecule has 0 saturated carbocycles. The van der Waals surface area contributed by atoms with Gasteiger partial charge in [-0.15, -0.1) is 0 Å². The van der Waals surface area contributed by atoms with E-state index >= 15 is 0 Å². The summed E-state index contributed by atoms with van der Waals surface area (Å²) >= 11 is 0. The van der Waals surface area contributed by atoms with E-state index in [0.717, 1.165) is 26.2 Å². The molecule has 106 valence electrons. The lowest BCUT2D eigenvalue weighted by Crippen LogP contribution is -2.60. The highest BCUT2D eigenvalue weighted by Crippen LogP contribution is 2.11. The first-order chi connectivity index (χ1) is 8.39. The number of nitrogens with zero attached hydrogens (tertiary/aromatic N) is 2. The maximum absolute atomic E-state index is 11.4. The second kappa shape index (κ2) is 6.50. The molecular weight excluding hydrogens is 230 g/mol. The van der Waals surface area contributed by atoms with Crippen molar-refractivity contribution in [2.24, 2.45) is 0 Å². The average Bonchev–Trinajstić information content (AvgIpc) is 2.29. The van der Waals surface area contributed by atoms with Crippen LogP contribution in [-0.4, -0.2) is 71.7 Å². The van der Waals surface area contributed by atoms with Crippen molar-refractivity contribution in [1.82, 2.24) is 15.1 Å². The highest BCUT2D eigenvalue weighted by molar-refractivity contribution is 5.78. The van der Waals surface area contributed by atoms with Gasteiger partial charge in [0.05, 0.1) is 0 Å². The fraction of sp³-hybridized carbons (Fsp3) is 0.923. The van der Waals surface area contributed by atoms with Gasteiger partial charge in [0.15, 0.2) is 0 Å². The zero-order valence-corrected chi connectivity index (χ0v) is 12.1. The third-order valence-corrected chi connectivity index (χ3v) is 3.72. The highest BCUT2D eigenvalue weighted by Gasteiger charge is 2.35. The van der Waals surface area contributed by atoms with Gasteiger partial charge < -0.3 is 10.4 Å². The number of hydrogen-bond donors (Lipinski definition) is 2. The van der Waals surface area contributed by atoms with Crippen LogP contribution in [0.25, 0.3) is 0 Å². The lowest BCUT2D eigenvalue weighted by Gasteiger charge is -2.40. The van der Waals surface area contributed by atoms with Gasteiger partial charge in [0.25, 0.3) is 0 Å². The summed E-state index contributed by atoms with van der Waals surface area (Å²) in [6, 6.07) is 0.576. The van der Waals surface area contributed by atoms with Crippen LogP contribution in [0.4, 0.5) is 0 Å². The molecule has 0 radical (unpaired) electrons. The topological polar surface area (TPSA) is 55.8 Å². The largest absolute Gasteiger partial charge is 0.480 e. The molecule has 0 amide bonds. The van der Waals surface area contributed by atoms with Crippen LogP contribution < -0.4 is 5.32 Å². The van der Waals surface area contributed by atoms with Crippen molar-refractivity contribution >= 4 is 5.97 Å². The van der Waals surface area contributed by atoms with Crippen molar-refractivity contribution in [2.45, 2.75) is 39.3 Å². The molecule has 1 saturated heterocycles. The van der Waals surface area contributed by atoms with Crippen LogP contribution in [-0.2, 0) is 4.79 Å². The zero-order chi connectivity index (χ0) is 13.8. The molecule has 0 aliphatic carbocycles. The molecule has 1 aliphatic heterocycles. The second-order valence-corrected chi connectivity index (χ2v) is 5.57. The number of rotatable bonds is 6. The van der Waals surface area contributed by atoms with Crippen molar-refractivity contribution in [1.29, 1.82) is 0 Å². The van der Waals surface area contributed by atoms with Gasteiger partial charge in [0.1, 0.15) is 5.54 Å². The summed E-state index contributed by atoms with van der Waals surface area (Å²) in [4.78, 5) is 16.0. The summed E-state index contributed by atoms with van der Waals surface area (Å²) in [6.45, 7) is 13.3. The fourth-order valence-corrected chi connectivity index (χ4v) is 2.47. The lowest BCUT2D eigenvalue weighted by atomic mass is 10.0. The Labute approximate surface area is 110 Å². The first-order valence-electron chi connectivity index (χ1n) is 6.84. The number of likely N-dealkylation sites (N-methyl/N-ethyl adjacent to an activating group) is 1. The van der Waals surface area contributed by atoms with Crippen LogP contribution in [0.2, 0.25) is 0 Å². The van der Waals surface area contributed by atoms with Crippen molar-refractivity contribution in [2.75, 3.05) is 39.3 Å². The van der Waals surface area contributed by atoms with Gasteiger partial charge in [-0.1, -0.05) is 6.92 Å². The Morgan fingerprint density at radius 3 is 2.28 bits per heavy atom. The van der Waals surface area contributed by atoms with Crippen molar-refractivity contribution in [3.63, 3.8) is 0 Å². The monoisotopic (exact) mass is 257 g/mol. The first-order valence-corrected chi connectivity index (χ1v) is 6.84. The van der Waals surface area contributed by atoms with E-state index in [9.17, 15) is 9.90 Å². The lowest BCUT2D eigenvalue weighted by molar-refractivity contribution is -0.145. The molecule has 1 fully saturated rings. The Morgan fingerprint density at radius 1 is 1.33 bits per heavy atom. The highest BCUT2D eigenvalue weighted by atomic mass is 16.4. The van der Waals surface area contributed by atoms with Crippen LogP contribution in [0, 0.1) is 0 Å². The number of nitrogens with one attached hydrogen (secondary N) is 1. The van der Waals surface area contributed by atoms with Gasteiger partial charge in [0.2, 0.25) is 0 Å². The summed E-state index contributed by atoms with van der Waals surface area (Å²) in [5, 5.41) is 12.4.